The highest BCUT2D eigenvalue weighted by molar-refractivity contribution is 5.53. The van der Waals surface area contributed by atoms with Gasteiger partial charge in [0.05, 0.1) is 24.2 Å². The zero-order valence-electron chi connectivity index (χ0n) is 20.4. The van der Waals surface area contributed by atoms with Gasteiger partial charge in [0.25, 0.3) is 0 Å². The van der Waals surface area contributed by atoms with Crippen LogP contribution >= 0.6 is 0 Å². The molecule has 178 valence electrons. The zero-order valence-corrected chi connectivity index (χ0v) is 20.4. The van der Waals surface area contributed by atoms with Gasteiger partial charge < -0.3 is 9.47 Å². The van der Waals surface area contributed by atoms with Crippen LogP contribution in [0.15, 0.2) is 30.5 Å². The fourth-order valence-electron chi connectivity index (χ4n) is 3.56. The van der Waals surface area contributed by atoms with E-state index in [1.807, 2.05) is 18.2 Å². The second-order valence-corrected chi connectivity index (χ2v) is 8.54. The largest absolute Gasteiger partial charge is 0.492 e. The standard InChI is InChI=1S/C27H43N3O2/c1-3-5-7-9-10-13-22-32-25-17-19-26(28-23-25)27-18-16-24(29-30-27)15-11-14-21-31-20-12-8-6-4-2/h16-19,23H,3-15,20-22H2,1-2H3. The monoisotopic (exact) mass is 441 g/mol. The Labute approximate surface area is 195 Å². The Morgan fingerprint density at radius 1 is 0.625 bits per heavy atom. The van der Waals surface area contributed by atoms with Crippen LogP contribution in [0.1, 0.15) is 96.6 Å². The second kappa shape index (κ2) is 17.5. The summed E-state index contributed by atoms with van der Waals surface area (Å²) in [6, 6.07) is 7.99. The van der Waals surface area contributed by atoms with Crippen molar-refractivity contribution < 1.29 is 9.47 Å². The predicted molar refractivity (Wildman–Crippen MR) is 132 cm³/mol. The van der Waals surface area contributed by atoms with Gasteiger partial charge in [-0.25, -0.2) is 0 Å². The lowest BCUT2D eigenvalue weighted by Gasteiger charge is -2.07. The maximum Gasteiger partial charge on any atom is 0.137 e. The highest BCUT2D eigenvalue weighted by atomic mass is 16.5. The van der Waals surface area contributed by atoms with Crippen molar-refractivity contribution in [3.8, 4) is 17.1 Å². The van der Waals surface area contributed by atoms with E-state index in [0.29, 0.717) is 0 Å². The van der Waals surface area contributed by atoms with E-state index >= 15 is 0 Å². The van der Waals surface area contributed by atoms with Crippen molar-refractivity contribution in [1.82, 2.24) is 15.2 Å². The molecule has 0 bridgehead atoms. The lowest BCUT2D eigenvalue weighted by atomic mass is 10.1. The Kier molecular flexibility index (Phi) is 14.4. The molecule has 0 aliphatic heterocycles. The van der Waals surface area contributed by atoms with Gasteiger partial charge >= 0.3 is 0 Å². The highest BCUT2D eigenvalue weighted by Crippen LogP contribution is 2.18. The summed E-state index contributed by atoms with van der Waals surface area (Å²) in [5.41, 5.74) is 2.65. The normalized spacial score (nSPS) is 11.1. The summed E-state index contributed by atoms with van der Waals surface area (Å²) in [4.78, 5) is 4.50. The molecular formula is C27H43N3O2. The maximum absolute atomic E-state index is 5.81. The van der Waals surface area contributed by atoms with Crippen LogP contribution < -0.4 is 4.74 Å². The van der Waals surface area contributed by atoms with E-state index in [4.69, 9.17) is 9.47 Å². The number of nitrogens with zero attached hydrogens (tertiary/aromatic N) is 3. The first-order valence-electron chi connectivity index (χ1n) is 12.8. The van der Waals surface area contributed by atoms with E-state index in [1.165, 1.54) is 57.8 Å². The van der Waals surface area contributed by atoms with Gasteiger partial charge in [0.2, 0.25) is 0 Å². The Morgan fingerprint density at radius 3 is 1.97 bits per heavy atom. The number of ether oxygens (including phenoxy) is 2. The van der Waals surface area contributed by atoms with E-state index < -0.39 is 0 Å². The molecule has 0 aliphatic rings. The summed E-state index contributed by atoms with van der Waals surface area (Å²) in [6.07, 6.45) is 17.5. The van der Waals surface area contributed by atoms with Crippen LogP contribution in [0.4, 0.5) is 0 Å². The van der Waals surface area contributed by atoms with Crippen molar-refractivity contribution in [3.05, 3.63) is 36.2 Å². The van der Waals surface area contributed by atoms with Crippen molar-refractivity contribution in [2.75, 3.05) is 19.8 Å². The zero-order chi connectivity index (χ0) is 22.7. The van der Waals surface area contributed by atoms with E-state index in [0.717, 1.165) is 68.3 Å². The van der Waals surface area contributed by atoms with E-state index in [2.05, 4.69) is 35.1 Å². The third-order valence-electron chi connectivity index (χ3n) is 5.60. The van der Waals surface area contributed by atoms with Crippen molar-refractivity contribution >= 4 is 0 Å². The van der Waals surface area contributed by atoms with Crippen molar-refractivity contribution in [2.45, 2.75) is 97.3 Å². The number of rotatable bonds is 19. The number of hydrogen-bond acceptors (Lipinski definition) is 5. The SMILES string of the molecule is CCCCCCCCOc1ccc(-c2ccc(CCCCOCCCCCC)nn2)nc1. The molecule has 0 fully saturated rings. The van der Waals surface area contributed by atoms with Crippen LogP contribution in [0, 0.1) is 0 Å². The number of pyridine rings is 1. The summed E-state index contributed by atoms with van der Waals surface area (Å²) in [6.45, 7) is 6.97. The van der Waals surface area contributed by atoms with Gasteiger partial charge in [-0.3, -0.25) is 4.98 Å². The molecule has 5 heteroatoms. The molecule has 2 aromatic heterocycles. The first kappa shape index (κ1) is 26.2. The first-order chi connectivity index (χ1) is 15.8. The number of aromatic nitrogens is 3. The van der Waals surface area contributed by atoms with Crippen molar-refractivity contribution in [2.24, 2.45) is 0 Å². The molecule has 0 amide bonds. The minimum absolute atomic E-state index is 0.756. The summed E-state index contributed by atoms with van der Waals surface area (Å²) in [7, 11) is 0. The van der Waals surface area contributed by atoms with E-state index in [9.17, 15) is 0 Å². The summed E-state index contributed by atoms with van der Waals surface area (Å²) in [5, 5.41) is 8.74. The molecule has 2 heterocycles. The molecule has 32 heavy (non-hydrogen) atoms. The van der Waals surface area contributed by atoms with Crippen molar-refractivity contribution in [1.29, 1.82) is 0 Å². The van der Waals surface area contributed by atoms with Crippen LogP contribution in [-0.4, -0.2) is 35.0 Å². The van der Waals surface area contributed by atoms with Gasteiger partial charge in [0.1, 0.15) is 11.4 Å². The molecule has 5 nitrogen and oxygen atoms in total. The van der Waals surface area contributed by atoms with Crippen LogP contribution in [-0.2, 0) is 11.2 Å². The van der Waals surface area contributed by atoms with Gasteiger partial charge in [-0.2, -0.15) is 5.10 Å². The minimum Gasteiger partial charge on any atom is -0.492 e. The molecule has 0 saturated carbocycles. The van der Waals surface area contributed by atoms with Crippen LogP contribution in [0.5, 0.6) is 5.75 Å². The molecule has 0 atom stereocenters. The topological polar surface area (TPSA) is 57.1 Å². The first-order valence-corrected chi connectivity index (χ1v) is 12.8. The number of unbranched alkanes of at least 4 members (excludes halogenated alkanes) is 9. The van der Waals surface area contributed by atoms with Gasteiger partial charge in [0, 0.05) is 13.2 Å². The van der Waals surface area contributed by atoms with Crippen molar-refractivity contribution in [3.63, 3.8) is 0 Å². The molecule has 2 rings (SSSR count). The average molecular weight is 442 g/mol. The quantitative estimate of drug-likeness (QED) is 0.216. The Bertz CT molecular complexity index is 689. The van der Waals surface area contributed by atoms with Gasteiger partial charge in [0.15, 0.2) is 0 Å². The second-order valence-electron chi connectivity index (χ2n) is 8.54. The fraction of sp³-hybridized carbons (Fsp3) is 0.667. The predicted octanol–water partition coefficient (Wildman–Crippen LogP) is 7.20. The van der Waals surface area contributed by atoms with E-state index in [-0.39, 0.29) is 0 Å². The van der Waals surface area contributed by atoms with Crippen LogP contribution in [0.25, 0.3) is 11.4 Å². The molecule has 0 N–H and O–H groups in total. The lowest BCUT2D eigenvalue weighted by molar-refractivity contribution is 0.126. The highest BCUT2D eigenvalue weighted by Gasteiger charge is 2.04. The molecule has 0 aliphatic carbocycles. The van der Waals surface area contributed by atoms with Gasteiger partial charge in [-0.1, -0.05) is 65.2 Å². The molecule has 0 unspecified atom stereocenters. The summed E-state index contributed by atoms with van der Waals surface area (Å²) >= 11 is 0. The number of hydrogen-bond donors (Lipinski definition) is 0. The maximum atomic E-state index is 5.81. The van der Waals surface area contributed by atoms with Crippen LogP contribution in [0.2, 0.25) is 0 Å². The number of aryl methyl sites for hydroxylation is 1. The van der Waals surface area contributed by atoms with Crippen LogP contribution in [0.3, 0.4) is 0 Å². The third-order valence-corrected chi connectivity index (χ3v) is 5.60. The Hall–Kier alpha value is -2.01. The lowest BCUT2D eigenvalue weighted by Crippen LogP contribution is -2.00. The molecular weight excluding hydrogens is 398 g/mol. The van der Waals surface area contributed by atoms with E-state index in [1.54, 1.807) is 6.20 Å². The molecule has 0 radical (unpaired) electrons. The molecule has 0 spiro atoms. The Morgan fingerprint density at radius 2 is 1.28 bits per heavy atom. The smallest absolute Gasteiger partial charge is 0.137 e. The fourth-order valence-corrected chi connectivity index (χ4v) is 3.56. The summed E-state index contributed by atoms with van der Waals surface area (Å²) in [5.74, 6) is 0.819. The van der Waals surface area contributed by atoms with Gasteiger partial charge in [-0.05, 0) is 56.4 Å². The summed E-state index contributed by atoms with van der Waals surface area (Å²) < 4.78 is 11.5. The third kappa shape index (κ3) is 11.6. The minimum atomic E-state index is 0.756. The van der Waals surface area contributed by atoms with Gasteiger partial charge in [-0.15, -0.1) is 5.10 Å². The molecule has 2 aromatic rings. The molecule has 0 saturated heterocycles. The Balaban J connectivity index is 1.60. The molecule has 0 aromatic carbocycles. The average Bonchev–Trinajstić information content (AvgIpc) is 2.83.